The molecule has 8 nitrogen and oxygen atoms in total. The van der Waals surface area contributed by atoms with E-state index < -0.39 is 0 Å². The topological polar surface area (TPSA) is 81.7 Å². The predicted molar refractivity (Wildman–Crippen MR) is 140 cm³/mol. The van der Waals surface area contributed by atoms with Crippen LogP contribution in [0.15, 0.2) is 30.5 Å². The molecule has 5 rings (SSSR count). The molecule has 1 aromatic heterocycles. The molecule has 0 spiro atoms. The van der Waals surface area contributed by atoms with Gasteiger partial charge in [-0.1, -0.05) is 24.6 Å². The fourth-order valence-corrected chi connectivity index (χ4v) is 5.57. The number of piperidine rings is 1. The number of aryl methyl sites for hydroxylation is 2. The molecule has 1 aliphatic carbocycles. The third kappa shape index (κ3) is 5.38. The predicted octanol–water partition coefficient (Wildman–Crippen LogP) is 3.19. The van der Waals surface area contributed by atoms with Crippen LogP contribution in [0.1, 0.15) is 71.1 Å². The maximum absolute atomic E-state index is 12.9. The molecule has 2 aromatic rings. The summed E-state index contributed by atoms with van der Waals surface area (Å²) in [6.07, 6.45) is 6.82. The smallest absolute Gasteiger partial charge is 0.271 e. The standard InChI is InChI=1S/C28H38N6O2/c1-4-23-18-33(26-20(3)30-25(17-29-26)27(35)31-22-9-10-22)15-16-34(23)24-11-13-32(14-12-24)28(36)21-7-5-19(2)6-8-21/h5-8,17,22-24H,4,9-16,18H2,1-3H3,(H,31,35)/t23-/m0/s1. The highest BCUT2D eigenvalue weighted by Gasteiger charge is 2.35. The van der Waals surface area contributed by atoms with Crippen LogP contribution < -0.4 is 10.2 Å². The van der Waals surface area contributed by atoms with E-state index in [4.69, 9.17) is 0 Å². The lowest BCUT2D eigenvalue weighted by Crippen LogP contribution is -2.59. The lowest BCUT2D eigenvalue weighted by molar-refractivity contribution is 0.0490. The Hall–Kier alpha value is -3.00. The van der Waals surface area contributed by atoms with Crippen LogP contribution in [-0.4, -0.2) is 82.4 Å². The van der Waals surface area contributed by atoms with Crippen LogP contribution in [0.2, 0.25) is 0 Å². The molecule has 2 aliphatic heterocycles. The molecule has 36 heavy (non-hydrogen) atoms. The Balaban J connectivity index is 1.18. The normalized spacial score (nSPS) is 21.5. The summed E-state index contributed by atoms with van der Waals surface area (Å²) in [6, 6.07) is 9.13. The summed E-state index contributed by atoms with van der Waals surface area (Å²) in [6.45, 7) is 10.6. The van der Waals surface area contributed by atoms with Crippen LogP contribution in [0.25, 0.3) is 0 Å². The molecule has 1 aromatic carbocycles. The van der Waals surface area contributed by atoms with Crippen LogP contribution in [-0.2, 0) is 0 Å². The molecule has 0 unspecified atom stereocenters. The molecule has 192 valence electrons. The number of anilines is 1. The number of benzene rings is 1. The maximum Gasteiger partial charge on any atom is 0.271 e. The van der Waals surface area contributed by atoms with E-state index in [2.05, 4.69) is 32.0 Å². The van der Waals surface area contributed by atoms with Gasteiger partial charge in [-0.2, -0.15) is 0 Å². The summed E-state index contributed by atoms with van der Waals surface area (Å²) >= 11 is 0. The summed E-state index contributed by atoms with van der Waals surface area (Å²) in [7, 11) is 0. The van der Waals surface area contributed by atoms with Gasteiger partial charge in [0.2, 0.25) is 0 Å². The second-order valence-electron chi connectivity index (χ2n) is 10.5. The number of aromatic nitrogens is 2. The maximum atomic E-state index is 12.9. The first kappa shape index (κ1) is 24.7. The molecule has 1 atom stereocenters. The summed E-state index contributed by atoms with van der Waals surface area (Å²) in [5.41, 5.74) is 3.17. The van der Waals surface area contributed by atoms with Gasteiger partial charge in [0, 0.05) is 56.4 Å². The van der Waals surface area contributed by atoms with Crippen LogP contribution in [0.5, 0.6) is 0 Å². The molecular formula is C28H38N6O2. The van der Waals surface area contributed by atoms with Crippen LogP contribution in [0.4, 0.5) is 5.82 Å². The molecule has 0 radical (unpaired) electrons. The number of carbonyl (C=O) groups excluding carboxylic acids is 2. The molecule has 3 fully saturated rings. The SMILES string of the molecule is CC[C@H]1CN(c2ncc(C(=O)NC3CC3)nc2C)CCN1C1CCN(C(=O)c2ccc(C)cc2)CC1. The summed E-state index contributed by atoms with van der Waals surface area (Å²) in [5.74, 6) is 0.909. The number of amides is 2. The lowest BCUT2D eigenvalue weighted by atomic mass is 9.97. The number of carbonyl (C=O) groups is 2. The highest BCUT2D eigenvalue weighted by molar-refractivity contribution is 5.94. The van der Waals surface area contributed by atoms with Crippen LogP contribution >= 0.6 is 0 Å². The zero-order valence-electron chi connectivity index (χ0n) is 21.7. The van der Waals surface area contributed by atoms with Gasteiger partial charge in [-0.15, -0.1) is 0 Å². The number of rotatable bonds is 6. The molecule has 2 saturated heterocycles. The van der Waals surface area contributed by atoms with E-state index in [9.17, 15) is 9.59 Å². The van der Waals surface area contributed by atoms with Crippen LogP contribution in [0.3, 0.4) is 0 Å². The van der Waals surface area contributed by atoms with E-state index in [0.29, 0.717) is 23.8 Å². The van der Waals surface area contributed by atoms with Gasteiger partial charge >= 0.3 is 0 Å². The first-order valence-electron chi connectivity index (χ1n) is 13.4. The number of piperazine rings is 1. The van der Waals surface area contributed by atoms with Crippen molar-refractivity contribution in [2.24, 2.45) is 0 Å². The number of nitrogens with zero attached hydrogens (tertiary/aromatic N) is 5. The average Bonchev–Trinajstić information content (AvgIpc) is 3.72. The molecule has 2 amide bonds. The van der Waals surface area contributed by atoms with E-state index in [1.807, 2.05) is 43.0 Å². The zero-order chi connectivity index (χ0) is 25.2. The third-order valence-corrected chi connectivity index (χ3v) is 7.88. The lowest BCUT2D eigenvalue weighted by Gasteiger charge is -2.47. The minimum Gasteiger partial charge on any atom is -0.352 e. The van der Waals surface area contributed by atoms with Crippen molar-refractivity contribution < 1.29 is 9.59 Å². The van der Waals surface area contributed by atoms with E-state index in [0.717, 1.165) is 81.9 Å². The van der Waals surface area contributed by atoms with Gasteiger partial charge in [0.15, 0.2) is 0 Å². The van der Waals surface area contributed by atoms with E-state index in [1.165, 1.54) is 5.56 Å². The second kappa shape index (κ2) is 10.5. The van der Waals surface area contributed by atoms with Crippen molar-refractivity contribution in [1.82, 2.24) is 25.1 Å². The Labute approximate surface area is 214 Å². The first-order valence-corrected chi connectivity index (χ1v) is 13.4. The Bertz CT molecular complexity index is 1090. The minimum absolute atomic E-state index is 0.122. The fraction of sp³-hybridized carbons (Fsp3) is 0.571. The molecule has 1 N–H and O–H groups in total. The summed E-state index contributed by atoms with van der Waals surface area (Å²) < 4.78 is 0. The van der Waals surface area contributed by atoms with Crippen molar-refractivity contribution in [2.45, 2.75) is 71.0 Å². The molecule has 8 heteroatoms. The number of nitrogens with one attached hydrogen (secondary N) is 1. The van der Waals surface area contributed by atoms with E-state index in [-0.39, 0.29) is 11.8 Å². The Morgan fingerprint density at radius 3 is 2.36 bits per heavy atom. The van der Waals surface area contributed by atoms with Crippen LogP contribution in [0, 0.1) is 13.8 Å². The van der Waals surface area contributed by atoms with Gasteiger partial charge in [-0.25, -0.2) is 9.97 Å². The van der Waals surface area contributed by atoms with Crippen molar-refractivity contribution in [2.75, 3.05) is 37.6 Å². The Morgan fingerprint density at radius 1 is 1.00 bits per heavy atom. The summed E-state index contributed by atoms with van der Waals surface area (Å²) in [5, 5.41) is 2.99. The van der Waals surface area contributed by atoms with Gasteiger partial charge in [-0.05, 0) is 58.1 Å². The van der Waals surface area contributed by atoms with Crippen molar-refractivity contribution in [3.63, 3.8) is 0 Å². The van der Waals surface area contributed by atoms with Crippen molar-refractivity contribution in [3.8, 4) is 0 Å². The number of hydrogen-bond donors (Lipinski definition) is 1. The van der Waals surface area contributed by atoms with Crippen molar-refractivity contribution >= 4 is 17.6 Å². The van der Waals surface area contributed by atoms with Crippen molar-refractivity contribution in [1.29, 1.82) is 0 Å². The monoisotopic (exact) mass is 490 g/mol. The molecule has 0 bridgehead atoms. The Morgan fingerprint density at radius 2 is 1.72 bits per heavy atom. The second-order valence-corrected chi connectivity index (χ2v) is 10.5. The van der Waals surface area contributed by atoms with Gasteiger partial charge in [0.1, 0.15) is 11.5 Å². The quantitative estimate of drug-likeness (QED) is 0.670. The molecule has 1 saturated carbocycles. The minimum atomic E-state index is -0.122. The number of likely N-dealkylation sites (tertiary alicyclic amines) is 1. The zero-order valence-corrected chi connectivity index (χ0v) is 21.7. The molecular weight excluding hydrogens is 452 g/mol. The van der Waals surface area contributed by atoms with E-state index in [1.54, 1.807) is 6.20 Å². The van der Waals surface area contributed by atoms with Gasteiger partial charge in [-0.3, -0.25) is 14.5 Å². The first-order chi connectivity index (χ1) is 17.4. The average molecular weight is 491 g/mol. The highest BCUT2D eigenvalue weighted by atomic mass is 16.2. The highest BCUT2D eigenvalue weighted by Crippen LogP contribution is 2.27. The number of hydrogen-bond acceptors (Lipinski definition) is 6. The fourth-order valence-electron chi connectivity index (χ4n) is 5.57. The third-order valence-electron chi connectivity index (χ3n) is 7.88. The van der Waals surface area contributed by atoms with Crippen molar-refractivity contribution in [3.05, 3.63) is 53.0 Å². The Kier molecular flexibility index (Phi) is 7.23. The molecule has 3 heterocycles. The van der Waals surface area contributed by atoms with Gasteiger partial charge < -0.3 is 15.1 Å². The van der Waals surface area contributed by atoms with Gasteiger partial charge in [0.25, 0.3) is 11.8 Å². The van der Waals surface area contributed by atoms with Gasteiger partial charge in [0.05, 0.1) is 11.9 Å². The largest absolute Gasteiger partial charge is 0.352 e. The molecule has 3 aliphatic rings. The summed E-state index contributed by atoms with van der Waals surface area (Å²) in [4.78, 5) is 41.5. The van der Waals surface area contributed by atoms with E-state index >= 15 is 0 Å².